The minimum absolute atomic E-state index is 0.0819. The molecule has 0 spiro atoms. The van der Waals surface area contributed by atoms with Crippen molar-refractivity contribution in [2.75, 3.05) is 11.1 Å². The highest BCUT2D eigenvalue weighted by atomic mass is 35.5. The predicted octanol–water partition coefficient (Wildman–Crippen LogP) is 4.13. The van der Waals surface area contributed by atoms with Crippen molar-refractivity contribution < 1.29 is 0 Å². The summed E-state index contributed by atoms with van der Waals surface area (Å²) in [4.78, 5) is 30.6. The van der Waals surface area contributed by atoms with E-state index in [9.17, 15) is 4.79 Å². The van der Waals surface area contributed by atoms with Gasteiger partial charge in [-0.2, -0.15) is 9.97 Å². The van der Waals surface area contributed by atoms with E-state index in [2.05, 4.69) is 25.3 Å². The van der Waals surface area contributed by atoms with Gasteiger partial charge in [0, 0.05) is 23.8 Å². The molecule has 9 heteroatoms. The van der Waals surface area contributed by atoms with E-state index in [-0.39, 0.29) is 17.5 Å². The number of hydrogen-bond donors (Lipinski definition) is 2. The minimum atomic E-state index is -0.342. The van der Waals surface area contributed by atoms with E-state index >= 15 is 0 Å². The fourth-order valence-electron chi connectivity index (χ4n) is 3.76. The standard InChI is InChI=1S/C23H18ClN7O/c1-13(28-21-19-20(27-11-10-26-19)29-23(25)30-21)17-12-14-6-5-9-16(24)18(14)22(32)31(17)15-7-3-2-4-8-15/h2-13H,1H3,(H3,25,27,28,29,30). The summed E-state index contributed by atoms with van der Waals surface area (Å²) in [5.74, 6) is 0.518. The molecule has 0 aliphatic rings. The number of nitrogen functional groups attached to an aromatic ring is 1. The van der Waals surface area contributed by atoms with Gasteiger partial charge >= 0.3 is 0 Å². The van der Waals surface area contributed by atoms with Gasteiger partial charge in [0.25, 0.3) is 5.56 Å². The summed E-state index contributed by atoms with van der Waals surface area (Å²) >= 11 is 6.39. The molecule has 0 saturated heterocycles. The molecule has 5 rings (SSSR count). The Morgan fingerprint density at radius 2 is 1.81 bits per heavy atom. The second-order valence-electron chi connectivity index (χ2n) is 7.27. The van der Waals surface area contributed by atoms with E-state index in [0.29, 0.717) is 27.4 Å². The number of halogens is 1. The molecule has 1 atom stereocenters. The van der Waals surface area contributed by atoms with Crippen LogP contribution in [0.5, 0.6) is 0 Å². The molecule has 3 N–H and O–H groups in total. The number of pyridine rings is 1. The Hall–Kier alpha value is -4.04. The third-order valence-corrected chi connectivity index (χ3v) is 5.50. The van der Waals surface area contributed by atoms with Gasteiger partial charge in [-0.3, -0.25) is 9.36 Å². The van der Waals surface area contributed by atoms with Crippen LogP contribution in [0.1, 0.15) is 18.7 Å². The van der Waals surface area contributed by atoms with E-state index in [4.69, 9.17) is 17.3 Å². The van der Waals surface area contributed by atoms with Gasteiger partial charge in [-0.25, -0.2) is 9.97 Å². The van der Waals surface area contributed by atoms with Crippen LogP contribution in [0.4, 0.5) is 11.8 Å². The Balaban J connectivity index is 1.71. The first-order valence-electron chi connectivity index (χ1n) is 9.93. The molecular formula is C23H18ClN7O. The predicted molar refractivity (Wildman–Crippen MR) is 126 cm³/mol. The van der Waals surface area contributed by atoms with Crippen LogP contribution in [0.2, 0.25) is 5.02 Å². The van der Waals surface area contributed by atoms with Crippen molar-refractivity contribution in [3.63, 3.8) is 0 Å². The Bertz CT molecular complexity index is 1520. The second kappa shape index (κ2) is 7.90. The minimum Gasteiger partial charge on any atom is -0.368 e. The van der Waals surface area contributed by atoms with Crippen molar-refractivity contribution in [3.8, 4) is 5.69 Å². The highest BCUT2D eigenvalue weighted by Crippen LogP contribution is 2.28. The molecule has 0 amide bonds. The Morgan fingerprint density at radius 3 is 2.62 bits per heavy atom. The molecule has 0 saturated carbocycles. The van der Waals surface area contributed by atoms with Gasteiger partial charge in [0.05, 0.1) is 16.5 Å². The average molecular weight is 444 g/mol. The number of anilines is 2. The number of benzene rings is 2. The zero-order valence-corrected chi connectivity index (χ0v) is 17.8. The number of nitrogens with zero attached hydrogens (tertiary/aromatic N) is 5. The number of para-hydroxylation sites is 1. The summed E-state index contributed by atoms with van der Waals surface area (Å²) in [6, 6.07) is 16.5. The third kappa shape index (κ3) is 3.40. The van der Waals surface area contributed by atoms with Crippen molar-refractivity contribution >= 4 is 45.3 Å². The van der Waals surface area contributed by atoms with Crippen molar-refractivity contribution in [1.29, 1.82) is 0 Å². The molecule has 32 heavy (non-hydrogen) atoms. The second-order valence-corrected chi connectivity index (χ2v) is 7.68. The molecule has 1 unspecified atom stereocenters. The molecule has 158 valence electrons. The molecule has 2 aromatic carbocycles. The van der Waals surface area contributed by atoms with Crippen LogP contribution < -0.4 is 16.6 Å². The summed E-state index contributed by atoms with van der Waals surface area (Å²) < 4.78 is 1.66. The average Bonchev–Trinajstić information content (AvgIpc) is 2.79. The maximum absolute atomic E-state index is 13.6. The van der Waals surface area contributed by atoms with Crippen molar-refractivity contribution in [2.45, 2.75) is 13.0 Å². The summed E-state index contributed by atoms with van der Waals surface area (Å²) in [6.45, 7) is 1.94. The normalized spacial score (nSPS) is 12.2. The van der Waals surface area contributed by atoms with Crippen LogP contribution in [0.15, 0.2) is 71.8 Å². The van der Waals surface area contributed by atoms with Gasteiger partial charge in [-0.1, -0.05) is 41.9 Å². The number of nitrogens with two attached hydrogens (primary N) is 1. The molecule has 8 nitrogen and oxygen atoms in total. The largest absolute Gasteiger partial charge is 0.368 e. The van der Waals surface area contributed by atoms with Crippen molar-refractivity contribution in [3.05, 3.63) is 88.1 Å². The van der Waals surface area contributed by atoms with Gasteiger partial charge < -0.3 is 11.1 Å². The van der Waals surface area contributed by atoms with Crippen LogP contribution in [0, 0.1) is 0 Å². The zero-order valence-electron chi connectivity index (χ0n) is 17.0. The molecule has 3 heterocycles. The highest BCUT2D eigenvalue weighted by Gasteiger charge is 2.19. The van der Waals surface area contributed by atoms with E-state index in [1.165, 1.54) is 0 Å². The number of fused-ring (bicyclic) bond motifs is 2. The first-order valence-corrected chi connectivity index (χ1v) is 10.3. The zero-order chi connectivity index (χ0) is 22.2. The number of nitrogens with one attached hydrogen (secondary N) is 1. The first-order chi connectivity index (χ1) is 15.5. The third-order valence-electron chi connectivity index (χ3n) is 5.19. The van der Waals surface area contributed by atoms with Crippen molar-refractivity contribution in [2.24, 2.45) is 0 Å². The van der Waals surface area contributed by atoms with Crippen LogP contribution >= 0.6 is 11.6 Å². The highest BCUT2D eigenvalue weighted by molar-refractivity contribution is 6.35. The summed E-state index contributed by atoms with van der Waals surface area (Å²) in [6.07, 6.45) is 3.11. The molecule has 0 radical (unpaired) electrons. The smallest absolute Gasteiger partial charge is 0.264 e. The Morgan fingerprint density at radius 1 is 1.03 bits per heavy atom. The first kappa shape index (κ1) is 19.9. The topological polar surface area (TPSA) is 112 Å². The van der Waals surface area contributed by atoms with Crippen LogP contribution in [0.25, 0.3) is 27.6 Å². The van der Waals surface area contributed by atoms with E-state index in [0.717, 1.165) is 16.8 Å². The maximum atomic E-state index is 13.6. The lowest BCUT2D eigenvalue weighted by molar-refractivity contribution is 0.774. The molecule has 0 bridgehead atoms. The Kier molecular flexibility index (Phi) is 4.91. The van der Waals surface area contributed by atoms with Gasteiger partial charge in [0.2, 0.25) is 5.95 Å². The monoisotopic (exact) mass is 443 g/mol. The fourth-order valence-corrected chi connectivity index (χ4v) is 4.02. The van der Waals surface area contributed by atoms with Crippen LogP contribution in [-0.4, -0.2) is 24.5 Å². The molecule has 5 aromatic rings. The number of aromatic nitrogens is 5. The Labute approximate surface area is 187 Å². The number of hydrogen-bond acceptors (Lipinski definition) is 7. The maximum Gasteiger partial charge on any atom is 0.264 e. The van der Waals surface area contributed by atoms with Crippen LogP contribution in [-0.2, 0) is 0 Å². The SMILES string of the molecule is CC(Nc1nc(N)nc2nccnc12)c1cc2cccc(Cl)c2c(=O)n1-c1ccccc1. The fraction of sp³-hybridized carbons (Fsp3) is 0.0870. The summed E-state index contributed by atoms with van der Waals surface area (Å²) in [7, 11) is 0. The lowest BCUT2D eigenvalue weighted by atomic mass is 10.1. The molecule has 0 aliphatic carbocycles. The van der Waals surface area contributed by atoms with E-state index in [1.54, 1.807) is 23.0 Å². The number of rotatable bonds is 4. The van der Waals surface area contributed by atoms with Gasteiger partial charge in [0.15, 0.2) is 17.0 Å². The molecular weight excluding hydrogens is 426 g/mol. The lowest BCUT2D eigenvalue weighted by Gasteiger charge is -2.22. The molecule has 0 aliphatic heterocycles. The van der Waals surface area contributed by atoms with Gasteiger partial charge in [0.1, 0.15) is 0 Å². The lowest BCUT2D eigenvalue weighted by Crippen LogP contribution is -2.26. The quantitative estimate of drug-likeness (QED) is 0.429. The van der Waals surface area contributed by atoms with Crippen LogP contribution in [0.3, 0.4) is 0 Å². The van der Waals surface area contributed by atoms with E-state index in [1.807, 2.05) is 55.5 Å². The summed E-state index contributed by atoms with van der Waals surface area (Å²) in [5, 5.41) is 4.97. The van der Waals surface area contributed by atoms with Crippen molar-refractivity contribution in [1.82, 2.24) is 24.5 Å². The summed E-state index contributed by atoms with van der Waals surface area (Å²) in [5.41, 5.74) is 8.02. The molecule has 0 fully saturated rings. The van der Waals surface area contributed by atoms with E-state index < -0.39 is 0 Å². The molecule has 3 aromatic heterocycles. The van der Waals surface area contributed by atoms with Gasteiger partial charge in [-0.15, -0.1) is 0 Å². The van der Waals surface area contributed by atoms with Gasteiger partial charge in [-0.05, 0) is 36.6 Å².